The molecular weight excluding hydrogens is 238 g/mol. The van der Waals surface area contributed by atoms with Crippen molar-refractivity contribution >= 4 is 16.9 Å². The van der Waals surface area contributed by atoms with Gasteiger partial charge in [-0.2, -0.15) is 5.10 Å². The lowest BCUT2D eigenvalue weighted by Crippen LogP contribution is -2.02. The van der Waals surface area contributed by atoms with Crippen LogP contribution in [0.3, 0.4) is 0 Å². The molecule has 0 aliphatic rings. The Kier molecular flexibility index (Phi) is 2.87. The second-order valence-corrected chi connectivity index (χ2v) is 4.52. The minimum atomic E-state index is 0.445. The Hall–Kier alpha value is -2.43. The Balaban J connectivity index is 1.84. The van der Waals surface area contributed by atoms with Crippen LogP contribution in [-0.4, -0.2) is 19.7 Å². The third-order valence-corrected chi connectivity index (χ3v) is 3.02. The van der Waals surface area contributed by atoms with Crippen molar-refractivity contribution in [1.82, 2.24) is 19.7 Å². The Labute approximate surface area is 111 Å². The molecule has 0 saturated heterocycles. The predicted molar refractivity (Wildman–Crippen MR) is 74.6 cm³/mol. The van der Waals surface area contributed by atoms with Crippen LogP contribution in [0.4, 0.5) is 5.82 Å². The number of benzene rings is 1. The fraction of sp³-hybridized carbons (Fsp3) is 0.214. The summed E-state index contributed by atoms with van der Waals surface area (Å²) in [5.74, 6) is 1.12. The van der Waals surface area contributed by atoms with Gasteiger partial charge in [-0.25, -0.2) is 9.97 Å². The molecule has 0 fully saturated rings. The van der Waals surface area contributed by atoms with Crippen LogP contribution >= 0.6 is 0 Å². The van der Waals surface area contributed by atoms with E-state index in [0.29, 0.717) is 17.2 Å². The zero-order chi connectivity index (χ0) is 13.2. The number of nitrogens with two attached hydrogens (primary N) is 1. The van der Waals surface area contributed by atoms with Crippen molar-refractivity contribution in [3.05, 3.63) is 47.9 Å². The normalized spacial score (nSPS) is 11.0. The van der Waals surface area contributed by atoms with Crippen molar-refractivity contribution < 1.29 is 0 Å². The van der Waals surface area contributed by atoms with E-state index in [1.165, 1.54) is 5.56 Å². The number of hydrogen-bond acceptors (Lipinski definition) is 4. The molecule has 3 aromatic rings. The quantitative estimate of drug-likeness (QED) is 0.774. The van der Waals surface area contributed by atoms with E-state index in [1.54, 1.807) is 0 Å². The van der Waals surface area contributed by atoms with Gasteiger partial charge in [-0.15, -0.1) is 0 Å². The van der Waals surface area contributed by atoms with E-state index in [4.69, 9.17) is 5.73 Å². The second-order valence-electron chi connectivity index (χ2n) is 4.52. The summed E-state index contributed by atoms with van der Waals surface area (Å²) in [7, 11) is 0. The Morgan fingerprint density at radius 1 is 1.16 bits per heavy atom. The maximum absolute atomic E-state index is 5.85. The van der Waals surface area contributed by atoms with Crippen molar-refractivity contribution in [2.45, 2.75) is 19.9 Å². The summed E-state index contributed by atoms with van der Waals surface area (Å²) in [5.41, 5.74) is 8.62. The number of rotatable bonds is 3. The molecule has 5 heteroatoms. The molecule has 2 aromatic heterocycles. The number of aromatic nitrogens is 4. The molecule has 0 spiro atoms. The zero-order valence-corrected chi connectivity index (χ0v) is 10.7. The van der Waals surface area contributed by atoms with Crippen LogP contribution in [0.25, 0.3) is 11.0 Å². The van der Waals surface area contributed by atoms with E-state index in [0.717, 1.165) is 18.5 Å². The standard InChI is InChI=1S/C14H15N5/c1-10-16-12-9-19(18-13(12)14(15)17-10)8-7-11-5-3-2-4-6-11/h2-6,9H,7-8H2,1H3,(H2,15,16,17). The lowest BCUT2D eigenvalue weighted by Gasteiger charge is -2.01. The van der Waals surface area contributed by atoms with Gasteiger partial charge < -0.3 is 5.73 Å². The third-order valence-electron chi connectivity index (χ3n) is 3.02. The summed E-state index contributed by atoms with van der Waals surface area (Å²) in [6, 6.07) is 10.3. The Bertz CT molecular complexity index is 702. The van der Waals surface area contributed by atoms with Crippen molar-refractivity contribution in [2.75, 3.05) is 5.73 Å². The van der Waals surface area contributed by atoms with Gasteiger partial charge in [0.25, 0.3) is 0 Å². The van der Waals surface area contributed by atoms with Crippen LogP contribution < -0.4 is 5.73 Å². The van der Waals surface area contributed by atoms with Crippen LogP contribution in [0, 0.1) is 6.92 Å². The van der Waals surface area contributed by atoms with Crippen molar-refractivity contribution in [2.24, 2.45) is 0 Å². The molecule has 0 aliphatic heterocycles. The topological polar surface area (TPSA) is 69.6 Å². The molecule has 0 radical (unpaired) electrons. The Morgan fingerprint density at radius 3 is 2.74 bits per heavy atom. The molecule has 2 heterocycles. The summed E-state index contributed by atoms with van der Waals surface area (Å²) in [4.78, 5) is 8.46. The maximum atomic E-state index is 5.85. The van der Waals surface area contributed by atoms with Crippen molar-refractivity contribution in [3.8, 4) is 0 Å². The van der Waals surface area contributed by atoms with Gasteiger partial charge in [0.2, 0.25) is 0 Å². The summed E-state index contributed by atoms with van der Waals surface area (Å²) >= 11 is 0. The average Bonchev–Trinajstić information content (AvgIpc) is 2.81. The second kappa shape index (κ2) is 4.68. The molecule has 0 bridgehead atoms. The fourth-order valence-corrected chi connectivity index (χ4v) is 2.10. The van der Waals surface area contributed by atoms with Gasteiger partial charge >= 0.3 is 0 Å². The van der Waals surface area contributed by atoms with Gasteiger partial charge in [0.05, 0.1) is 6.20 Å². The maximum Gasteiger partial charge on any atom is 0.155 e. The number of nitrogen functional groups attached to an aromatic ring is 1. The first kappa shape index (κ1) is 11.6. The monoisotopic (exact) mass is 253 g/mol. The summed E-state index contributed by atoms with van der Waals surface area (Å²) in [6.07, 6.45) is 2.85. The molecular formula is C14H15N5. The number of hydrogen-bond donors (Lipinski definition) is 1. The number of anilines is 1. The SMILES string of the molecule is Cc1nc(N)c2nn(CCc3ccccc3)cc2n1. The summed E-state index contributed by atoms with van der Waals surface area (Å²) in [5, 5.41) is 4.44. The van der Waals surface area contributed by atoms with Gasteiger partial charge in [-0.3, -0.25) is 4.68 Å². The van der Waals surface area contributed by atoms with E-state index in [1.807, 2.05) is 36.0 Å². The first-order chi connectivity index (χ1) is 9.22. The molecule has 3 rings (SSSR count). The van der Waals surface area contributed by atoms with Gasteiger partial charge in [-0.05, 0) is 18.9 Å². The molecule has 0 atom stereocenters. The average molecular weight is 253 g/mol. The molecule has 2 N–H and O–H groups in total. The van der Waals surface area contributed by atoms with Crippen LogP contribution in [0.2, 0.25) is 0 Å². The first-order valence-corrected chi connectivity index (χ1v) is 6.23. The van der Waals surface area contributed by atoms with Crippen LogP contribution in [-0.2, 0) is 13.0 Å². The number of fused-ring (bicyclic) bond motifs is 1. The lowest BCUT2D eigenvalue weighted by molar-refractivity contribution is 0.621. The third kappa shape index (κ3) is 2.40. The van der Waals surface area contributed by atoms with E-state index in [9.17, 15) is 0 Å². The van der Waals surface area contributed by atoms with Crippen molar-refractivity contribution in [1.29, 1.82) is 0 Å². The summed E-state index contributed by atoms with van der Waals surface area (Å²) in [6.45, 7) is 2.63. The Morgan fingerprint density at radius 2 is 1.95 bits per heavy atom. The van der Waals surface area contributed by atoms with E-state index < -0.39 is 0 Å². The largest absolute Gasteiger partial charge is 0.382 e. The molecule has 96 valence electrons. The highest BCUT2D eigenvalue weighted by Crippen LogP contribution is 2.15. The molecule has 0 unspecified atom stereocenters. The highest BCUT2D eigenvalue weighted by Gasteiger charge is 2.07. The van der Waals surface area contributed by atoms with Crippen LogP contribution in [0.1, 0.15) is 11.4 Å². The minimum Gasteiger partial charge on any atom is -0.382 e. The highest BCUT2D eigenvalue weighted by atomic mass is 15.3. The minimum absolute atomic E-state index is 0.445. The molecule has 0 amide bonds. The molecule has 19 heavy (non-hydrogen) atoms. The summed E-state index contributed by atoms with van der Waals surface area (Å²) < 4.78 is 1.88. The highest BCUT2D eigenvalue weighted by molar-refractivity contribution is 5.83. The molecule has 0 saturated carbocycles. The van der Waals surface area contributed by atoms with Crippen molar-refractivity contribution in [3.63, 3.8) is 0 Å². The van der Waals surface area contributed by atoms with Gasteiger partial charge in [0.1, 0.15) is 11.3 Å². The number of aryl methyl sites for hydroxylation is 3. The zero-order valence-electron chi connectivity index (χ0n) is 10.7. The molecule has 5 nitrogen and oxygen atoms in total. The van der Waals surface area contributed by atoms with Crippen LogP contribution in [0.5, 0.6) is 0 Å². The molecule has 1 aromatic carbocycles. The lowest BCUT2D eigenvalue weighted by atomic mass is 10.1. The van der Waals surface area contributed by atoms with E-state index >= 15 is 0 Å². The smallest absolute Gasteiger partial charge is 0.155 e. The van der Waals surface area contributed by atoms with Gasteiger partial charge in [0, 0.05) is 6.54 Å². The molecule has 0 aliphatic carbocycles. The number of nitrogens with zero attached hydrogens (tertiary/aromatic N) is 4. The van der Waals surface area contributed by atoms with Gasteiger partial charge in [-0.1, -0.05) is 30.3 Å². The van der Waals surface area contributed by atoms with Gasteiger partial charge in [0.15, 0.2) is 11.3 Å². The van der Waals surface area contributed by atoms with E-state index in [2.05, 4.69) is 27.2 Å². The first-order valence-electron chi connectivity index (χ1n) is 6.23. The van der Waals surface area contributed by atoms with Crippen LogP contribution in [0.15, 0.2) is 36.5 Å². The van der Waals surface area contributed by atoms with E-state index in [-0.39, 0.29) is 0 Å². The fourth-order valence-electron chi connectivity index (χ4n) is 2.10. The predicted octanol–water partition coefficient (Wildman–Crippen LogP) is 1.96.